The van der Waals surface area contributed by atoms with Crippen molar-refractivity contribution in [3.8, 4) is 0 Å². The molecule has 0 spiro atoms. The number of nitrogens with one attached hydrogen (secondary N) is 2. The Morgan fingerprint density at radius 1 is 1.40 bits per heavy atom. The molecule has 0 fully saturated rings. The quantitative estimate of drug-likeness (QED) is 0.761. The summed E-state index contributed by atoms with van der Waals surface area (Å²) in [5.41, 5.74) is 2.25. The van der Waals surface area contributed by atoms with Crippen LogP contribution in [0.25, 0.3) is 11.0 Å². The van der Waals surface area contributed by atoms with E-state index >= 15 is 0 Å². The number of imidazole rings is 2. The predicted octanol–water partition coefficient (Wildman–Crippen LogP) is 1.79. The van der Waals surface area contributed by atoms with E-state index in [9.17, 15) is 4.79 Å². The number of hydrogen-bond acceptors (Lipinski definition) is 3. The molecule has 3 aromatic rings. The van der Waals surface area contributed by atoms with Crippen molar-refractivity contribution in [2.75, 3.05) is 0 Å². The monoisotopic (exact) mass is 269 g/mol. The SMILES string of the molecule is CC(NC(=O)c1cn(C)cn1)c1nc2ccccc2[nH]1. The average Bonchev–Trinajstić information content (AvgIpc) is 3.04. The number of para-hydroxylation sites is 2. The highest BCUT2D eigenvalue weighted by atomic mass is 16.2. The van der Waals surface area contributed by atoms with Crippen molar-refractivity contribution >= 4 is 16.9 Å². The Kier molecular flexibility index (Phi) is 2.98. The van der Waals surface area contributed by atoms with E-state index in [4.69, 9.17) is 0 Å². The summed E-state index contributed by atoms with van der Waals surface area (Å²) in [7, 11) is 1.83. The summed E-state index contributed by atoms with van der Waals surface area (Å²) in [6, 6.07) is 7.56. The number of carbonyl (C=O) groups excluding carboxylic acids is 1. The molecule has 102 valence electrons. The lowest BCUT2D eigenvalue weighted by Crippen LogP contribution is -2.27. The molecule has 0 saturated carbocycles. The maximum atomic E-state index is 12.0. The van der Waals surface area contributed by atoms with Crippen molar-refractivity contribution < 1.29 is 4.79 Å². The van der Waals surface area contributed by atoms with Crippen LogP contribution in [-0.2, 0) is 7.05 Å². The number of hydrogen-bond donors (Lipinski definition) is 2. The van der Waals surface area contributed by atoms with E-state index in [1.165, 1.54) is 0 Å². The van der Waals surface area contributed by atoms with Crippen LogP contribution in [0.4, 0.5) is 0 Å². The Hall–Kier alpha value is -2.63. The summed E-state index contributed by atoms with van der Waals surface area (Å²) in [6.45, 7) is 1.89. The predicted molar refractivity (Wildman–Crippen MR) is 75.2 cm³/mol. The maximum Gasteiger partial charge on any atom is 0.272 e. The lowest BCUT2D eigenvalue weighted by atomic mass is 10.3. The molecule has 0 bridgehead atoms. The number of fused-ring (bicyclic) bond motifs is 1. The minimum atomic E-state index is -0.211. The molecule has 0 aliphatic carbocycles. The van der Waals surface area contributed by atoms with Gasteiger partial charge in [-0.2, -0.15) is 0 Å². The van der Waals surface area contributed by atoms with Gasteiger partial charge in [0.2, 0.25) is 0 Å². The van der Waals surface area contributed by atoms with Crippen LogP contribution in [0.15, 0.2) is 36.8 Å². The van der Waals surface area contributed by atoms with Gasteiger partial charge in [-0.15, -0.1) is 0 Å². The van der Waals surface area contributed by atoms with E-state index in [-0.39, 0.29) is 11.9 Å². The first-order valence-corrected chi connectivity index (χ1v) is 6.37. The zero-order valence-corrected chi connectivity index (χ0v) is 11.3. The number of benzene rings is 1. The van der Waals surface area contributed by atoms with Gasteiger partial charge in [0.1, 0.15) is 11.5 Å². The number of aryl methyl sites for hydroxylation is 1. The first kappa shape index (κ1) is 12.4. The zero-order valence-electron chi connectivity index (χ0n) is 11.3. The van der Waals surface area contributed by atoms with Gasteiger partial charge in [0.15, 0.2) is 0 Å². The van der Waals surface area contributed by atoms with Crippen molar-refractivity contribution in [2.24, 2.45) is 7.05 Å². The minimum Gasteiger partial charge on any atom is -0.341 e. The van der Waals surface area contributed by atoms with Gasteiger partial charge in [0.05, 0.1) is 23.4 Å². The van der Waals surface area contributed by atoms with Gasteiger partial charge in [-0.3, -0.25) is 4.79 Å². The number of H-pyrrole nitrogens is 1. The molecule has 1 aromatic carbocycles. The van der Waals surface area contributed by atoms with E-state index in [1.54, 1.807) is 17.1 Å². The molecule has 3 rings (SSSR count). The summed E-state index contributed by atoms with van der Waals surface area (Å²) < 4.78 is 1.74. The van der Waals surface area contributed by atoms with Crippen molar-refractivity contribution in [1.29, 1.82) is 0 Å². The fourth-order valence-electron chi connectivity index (χ4n) is 2.05. The highest BCUT2D eigenvalue weighted by Gasteiger charge is 2.16. The van der Waals surface area contributed by atoms with Crippen LogP contribution in [0.1, 0.15) is 29.3 Å². The summed E-state index contributed by atoms with van der Waals surface area (Å²) in [4.78, 5) is 23.7. The van der Waals surface area contributed by atoms with Crippen molar-refractivity contribution in [3.63, 3.8) is 0 Å². The number of aromatic amines is 1. The van der Waals surface area contributed by atoms with E-state index in [0.29, 0.717) is 5.69 Å². The van der Waals surface area contributed by atoms with E-state index in [1.807, 2.05) is 38.2 Å². The first-order chi connectivity index (χ1) is 9.63. The van der Waals surface area contributed by atoms with Crippen molar-refractivity contribution in [3.05, 3.63) is 48.3 Å². The second-order valence-electron chi connectivity index (χ2n) is 4.76. The average molecular weight is 269 g/mol. The van der Waals surface area contributed by atoms with Gasteiger partial charge in [0, 0.05) is 13.2 Å². The van der Waals surface area contributed by atoms with Gasteiger partial charge in [-0.1, -0.05) is 12.1 Å². The second-order valence-corrected chi connectivity index (χ2v) is 4.76. The summed E-state index contributed by atoms with van der Waals surface area (Å²) in [5.74, 6) is 0.522. The van der Waals surface area contributed by atoms with Crippen molar-refractivity contribution in [1.82, 2.24) is 24.8 Å². The normalized spacial score (nSPS) is 12.5. The molecule has 6 heteroatoms. The summed E-state index contributed by atoms with van der Waals surface area (Å²) in [6.07, 6.45) is 3.28. The maximum absolute atomic E-state index is 12.0. The highest BCUT2D eigenvalue weighted by Crippen LogP contribution is 2.15. The third kappa shape index (κ3) is 2.27. The van der Waals surface area contributed by atoms with Crippen LogP contribution in [0.2, 0.25) is 0 Å². The van der Waals surface area contributed by atoms with E-state index in [0.717, 1.165) is 16.9 Å². The van der Waals surface area contributed by atoms with Gasteiger partial charge in [-0.05, 0) is 19.1 Å². The number of amides is 1. The summed E-state index contributed by atoms with van der Waals surface area (Å²) >= 11 is 0. The number of nitrogens with zero attached hydrogens (tertiary/aromatic N) is 3. The van der Waals surface area contributed by atoms with Crippen LogP contribution in [0.3, 0.4) is 0 Å². The lowest BCUT2D eigenvalue weighted by Gasteiger charge is -2.09. The molecule has 2 aromatic heterocycles. The van der Waals surface area contributed by atoms with Gasteiger partial charge in [-0.25, -0.2) is 9.97 Å². The third-order valence-corrected chi connectivity index (χ3v) is 3.10. The third-order valence-electron chi connectivity index (χ3n) is 3.10. The van der Waals surface area contributed by atoms with Crippen LogP contribution >= 0.6 is 0 Å². The largest absolute Gasteiger partial charge is 0.341 e. The number of rotatable bonds is 3. The Morgan fingerprint density at radius 3 is 2.90 bits per heavy atom. The van der Waals surface area contributed by atoms with Crippen LogP contribution in [0, 0.1) is 0 Å². The lowest BCUT2D eigenvalue weighted by molar-refractivity contribution is 0.0934. The first-order valence-electron chi connectivity index (χ1n) is 6.37. The van der Waals surface area contributed by atoms with E-state index in [2.05, 4.69) is 20.3 Å². The molecule has 0 radical (unpaired) electrons. The van der Waals surface area contributed by atoms with E-state index < -0.39 is 0 Å². The van der Waals surface area contributed by atoms with Crippen molar-refractivity contribution in [2.45, 2.75) is 13.0 Å². The molecular formula is C14H15N5O. The molecule has 6 nitrogen and oxygen atoms in total. The smallest absolute Gasteiger partial charge is 0.272 e. The molecule has 2 heterocycles. The Labute approximate surface area is 115 Å². The summed E-state index contributed by atoms with van der Waals surface area (Å²) in [5, 5.41) is 2.88. The standard InChI is InChI=1S/C14H15N5O/c1-9(16-14(20)12-7-19(2)8-15-12)13-17-10-5-3-4-6-11(10)18-13/h3-9H,1-2H3,(H,16,20)(H,17,18). The molecule has 20 heavy (non-hydrogen) atoms. The number of aromatic nitrogens is 4. The molecule has 0 aliphatic rings. The molecule has 0 aliphatic heterocycles. The Morgan fingerprint density at radius 2 is 2.20 bits per heavy atom. The van der Waals surface area contributed by atoms with Crippen LogP contribution in [0.5, 0.6) is 0 Å². The molecule has 0 saturated heterocycles. The number of carbonyl (C=O) groups is 1. The second kappa shape index (κ2) is 4.80. The molecular weight excluding hydrogens is 254 g/mol. The van der Waals surface area contributed by atoms with Gasteiger partial charge in [0.25, 0.3) is 5.91 Å². The van der Waals surface area contributed by atoms with Gasteiger partial charge >= 0.3 is 0 Å². The van der Waals surface area contributed by atoms with Crippen LogP contribution < -0.4 is 5.32 Å². The fourth-order valence-corrected chi connectivity index (χ4v) is 2.05. The van der Waals surface area contributed by atoms with Crippen LogP contribution in [-0.4, -0.2) is 25.4 Å². The molecule has 1 unspecified atom stereocenters. The molecule has 2 N–H and O–H groups in total. The Balaban J connectivity index is 1.78. The fraction of sp³-hybridized carbons (Fsp3) is 0.214. The molecule has 1 atom stereocenters. The van der Waals surface area contributed by atoms with Gasteiger partial charge < -0.3 is 14.9 Å². The highest BCUT2D eigenvalue weighted by molar-refractivity contribution is 5.92. The zero-order chi connectivity index (χ0) is 14.1. The molecule has 1 amide bonds. The Bertz CT molecular complexity index is 725. The topological polar surface area (TPSA) is 75.6 Å². The minimum absolute atomic E-state index is 0.210.